The third-order valence-corrected chi connectivity index (χ3v) is 4.26. The van der Waals surface area contributed by atoms with Crippen LogP contribution < -0.4 is 0 Å². The van der Waals surface area contributed by atoms with Gasteiger partial charge in [0.15, 0.2) is 0 Å². The summed E-state index contributed by atoms with van der Waals surface area (Å²) in [6, 6.07) is 12.5. The van der Waals surface area contributed by atoms with Crippen molar-refractivity contribution in [1.82, 2.24) is 25.0 Å². The second-order valence-electron chi connectivity index (χ2n) is 5.70. The number of benzene rings is 2. The van der Waals surface area contributed by atoms with Gasteiger partial charge in [0.1, 0.15) is 18.8 Å². The maximum atomic E-state index is 12.8. The van der Waals surface area contributed by atoms with E-state index in [1.54, 1.807) is 41.5 Å². The number of hydrogen-bond acceptors (Lipinski definition) is 5. The largest absolute Gasteiger partial charge is 0.452 e. The molecule has 1 N–H and O–H groups in total. The summed E-state index contributed by atoms with van der Waals surface area (Å²) in [6.45, 7) is 0.340. The zero-order valence-electron chi connectivity index (χ0n) is 13.5. The van der Waals surface area contributed by atoms with Crippen LogP contribution in [0.1, 0.15) is 22.0 Å². The van der Waals surface area contributed by atoms with Gasteiger partial charge in [-0.2, -0.15) is 10.2 Å². The van der Waals surface area contributed by atoms with Gasteiger partial charge in [-0.1, -0.05) is 35.9 Å². The van der Waals surface area contributed by atoms with Gasteiger partial charge in [0.05, 0.1) is 23.8 Å². The van der Waals surface area contributed by atoms with Crippen LogP contribution >= 0.6 is 11.6 Å². The van der Waals surface area contributed by atoms with Crippen LogP contribution in [-0.4, -0.2) is 30.9 Å². The van der Waals surface area contributed by atoms with Gasteiger partial charge in [-0.3, -0.25) is 5.10 Å². The molecular formula is C18H14ClN5O2. The number of rotatable bonds is 5. The number of fused-ring (bicyclic) bond motifs is 1. The molecule has 1 unspecified atom stereocenters. The number of ether oxygens (including phenoxy) is 1. The number of halogens is 1. The molecule has 4 rings (SSSR count). The molecule has 0 amide bonds. The fourth-order valence-electron chi connectivity index (χ4n) is 2.72. The first-order valence-corrected chi connectivity index (χ1v) is 8.29. The van der Waals surface area contributed by atoms with Crippen LogP contribution in [0, 0.1) is 0 Å². The molecule has 0 aliphatic carbocycles. The Balaban J connectivity index is 1.64. The predicted molar refractivity (Wildman–Crippen MR) is 95.7 cm³/mol. The van der Waals surface area contributed by atoms with Gasteiger partial charge in [0.2, 0.25) is 0 Å². The van der Waals surface area contributed by atoms with E-state index in [1.165, 1.54) is 6.33 Å². The maximum Gasteiger partial charge on any atom is 0.341 e. The Morgan fingerprint density at radius 1 is 1.23 bits per heavy atom. The fourth-order valence-corrected chi connectivity index (χ4v) is 2.84. The second-order valence-corrected chi connectivity index (χ2v) is 6.14. The average molecular weight is 368 g/mol. The van der Waals surface area contributed by atoms with E-state index in [0.29, 0.717) is 22.6 Å². The summed E-state index contributed by atoms with van der Waals surface area (Å²) >= 11 is 5.97. The quantitative estimate of drug-likeness (QED) is 0.546. The molecular weight excluding hydrogens is 354 g/mol. The molecule has 0 bridgehead atoms. The normalized spacial score (nSPS) is 12.2. The van der Waals surface area contributed by atoms with Crippen LogP contribution in [0.5, 0.6) is 0 Å². The van der Waals surface area contributed by atoms with Gasteiger partial charge in [-0.05, 0) is 23.8 Å². The number of H-pyrrole nitrogens is 1. The van der Waals surface area contributed by atoms with Gasteiger partial charge in [0.25, 0.3) is 0 Å². The monoisotopic (exact) mass is 367 g/mol. The minimum Gasteiger partial charge on any atom is -0.452 e. The molecule has 0 radical (unpaired) electrons. The summed E-state index contributed by atoms with van der Waals surface area (Å²) in [4.78, 5) is 16.7. The smallest absolute Gasteiger partial charge is 0.341 e. The highest BCUT2D eigenvalue weighted by atomic mass is 35.5. The van der Waals surface area contributed by atoms with Gasteiger partial charge in [0, 0.05) is 10.4 Å². The van der Waals surface area contributed by atoms with E-state index in [0.717, 1.165) is 10.9 Å². The highest BCUT2D eigenvalue weighted by Gasteiger charge is 2.21. The summed E-state index contributed by atoms with van der Waals surface area (Å²) in [5, 5.41) is 12.4. The number of carbonyl (C=O) groups excluding carboxylic acids is 1. The van der Waals surface area contributed by atoms with Crippen LogP contribution in [0.2, 0.25) is 5.02 Å². The first-order valence-electron chi connectivity index (χ1n) is 7.91. The van der Waals surface area contributed by atoms with Crippen molar-refractivity contribution in [2.75, 3.05) is 0 Å². The number of aromatic amines is 1. The van der Waals surface area contributed by atoms with E-state index in [9.17, 15) is 4.79 Å². The van der Waals surface area contributed by atoms with E-state index < -0.39 is 12.1 Å². The molecule has 8 heteroatoms. The van der Waals surface area contributed by atoms with Crippen molar-refractivity contribution >= 4 is 28.5 Å². The number of carbonyl (C=O) groups is 1. The van der Waals surface area contributed by atoms with Crippen molar-refractivity contribution in [3.8, 4) is 0 Å². The summed E-state index contributed by atoms with van der Waals surface area (Å²) in [7, 11) is 0. The topological polar surface area (TPSA) is 85.7 Å². The number of aromatic nitrogens is 5. The number of nitrogens with zero attached hydrogens (tertiary/aromatic N) is 4. The van der Waals surface area contributed by atoms with E-state index in [4.69, 9.17) is 16.3 Å². The Bertz CT molecular complexity index is 1030. The molecule has 0 saturated carbocycles. The Morgan fingerprint density at radius 3 is 2.85 bits per heavy atom. The predicted octanol–water partition coefficient (Wildman–Crippen LogP) is 3.41. The van der Waals surface area contributed by atoms with E-state index in [-0.39, 0.29) is 0 Å². The Morgan fingerprint density at radius 2 is 2.08 bits per heavy atom. The Kier molecular flexibility index (Phi) is 4.37. The molecule has 130 valence electrons. The van der Waals surface area contributed by atoms with Crippen molar-refractivity contribution in [2.24, 2.45) is 0 Å². The lowest BCUT2D eigenvalue weighted by Crippen LogP contribution is -2.17. The lowest BCUT2D eigenvalue weighted by Gasteiger charge is -2.18. The molecule has 7 nitrogen and oxygen atoms in total. The van der Waals surface area contributed by atoms with Crippen molar-refractivity contribution < 1.29 is 9.53 Å². The Hall–Kier alpha value is -3.19. The van der Waals surface area contributed by atoms with Gasteiger partial charge in [-0.15, -0.1) is 0 Å². The zero-order chi connectivity index (χ0) is 17.9. The Labute approximate surface area is 153 Å². The number of esters is 1. The standard InChI is InChI=1S/C18H14ClN5O2/c19-14-6-4-12(5-7-14)16(9-24-11-20-10-22-24)26-18(25)15-3-1-2-13-8-21-23-17(13)15/h1-8,10-11,16H,9H2,(H,21,23). The lowest BCUT2D eigenvalue weighted by atomic mass is 10.1. The molecule has 0 aliphatic heterocycles. The first-order chi connectivity index (χ1) is 12.7. The summed E-state index contributed by atoms with van der Waals surface area (Å²) in [5.74, 6) is -0.445. The molecule has 1 atom stereocenters. The number of para-hydroxylation sites is 1. The van der Waals surface area contributed by atoms with Gasteiger partial charge in [-0.25, -0.2) is 14.5 Å². The molecule has 0 saturated heterocycles. The van der Waals surface area contributed by atoms with E-state index >= 15 is 0 Å². The molecule has 4 aromatic rings. The van der Waals surface area contributed by atoms with Crippen molar-refractivity contribution in [3.05, 3.63) is 77.5 Å². The first kappa shape index (κ1) is 16.3. The number of nitrogens with one attached hydrogen (secondary N) is 1. The summed E-state index contributed by atoms with van der Waals surface area (Å²) < 4.78 is 7.41. The van der Waals surface area contributed by atoms with Crippen molar-refractivity contribution in [3.63, 3.8) is 0 Å². The van der Waals surface area contributed by atoms with Crippen LogP contribution in [0.15, 0.2) is 61.3 Å². The molecule has 0 fully saturated rings. The van der Waals surface area contributed by atoms with Crippen molar-refractivity contribution in [1.29, 1.82) is 0 Å². The van der Waals surface area contributed by atoms with Gasteiger partial charge < -0.3 is 4.74 Å². The second kappa shape index (κ2) is 6.97. The maximum absolute atomic E-state index is 12.8. The molecule has 26 heavy (non-hydrogen) atoms. The zero-order valence-corrected chi connectivity index (χ0v) is 14.3. The van der Waals surface area contributed by atoms with Crippen LogP contribution in [0.25, 0.3) is 10.9 Å². The van der Waals surface area contributed by atoms with Crippen LogP contribution in [-0.2, 0) is 11.3 Å². The molecule has 0 aliphatic rings. The van der Waals surface area contributed by atoms with Crippen LogP contribution in [0.3, 0.4) is 0 Å². The van der Waals surface area contributed by atoms with E-state index in [1.807, 2.05) is 18.2 Å². The average Bonchev–Trinajstić information content (AvgIpc) is 3.33. The highest BCUT2D eigenvalue weighted by molar-refractivity contribution is 6.30. The SMILES string of the molecule is O=C(OC(Cn1cncn1)c1ccc(Cl)cc1)c1cccc2cn[nH]c12. The third-order valence-electron chi connectivity index (χ3n) is 4.01. The molecule has 0 spiro atoms. The van der Waals surface area contributed by atoms with Crippen LogP contribution in [0.4, 0.5) is 0 Å². The minimum atomic E-state index is -0.542. The van der Waals surface area contributed by atoms with E-state index in [2.05, 4.69) is 20.3 Å². The summed E-state index contributed by atoms with van der Waals surface area (Å²) in [6.07, 6.45) is 4.14. The lowest BCUT2D eigenvalue weighted by molar-refractivity contribution is 0.0248. The molecule has 2 aromatic heterocycles. The summed E-state index contributed by atoms with van der Waals surface area (Å²) in [5.41, 5.74) is 1.89. The molecule has 2 heterocycles. The number of hydrogen-bond donors (Lipinski definition) is 1. The fraction of sp³-hybridized carbons (Fsp3) is 0.111. The minimum absolute atomic E-state index is 0.340. The van der Waals surface area contributed by atoms with Crippen molar-refractivity contribution in [2.45, 2.75) is 12.6 Å². The van der Waals surface area contributed by atoms with Gasteiger partial charge >= 0.3 is 5.97 Å². The third kappa shape index (κ3) is 3.29. The molecule has 2 aromatic carbocycles. The highest BCUT2D eigenvalue weighted by Crippen LogP contribution is 2.25.